The van der Waals surface area contributed by atoms with Crippen molar-refractivity contribution in [2.75, 3.05) is 12.4 Å². The Hall–Kier alpha value is -0.500. The van der Waals surface area contributed by atoms with Crippen LogP contribution >= 0.6 is 11.3 Å². The van der Waals surface area contributed by atoms with Crippen molar-refractivity contribution < 1.29 is 0 Å². The van der Waals surface area contributed by atoms with Crippen molar-refractivity contribution in [3.63, 3.8) is 0 Å². The smallest absolute Gasteiger partial charge is 0.0505 e. The van der Waals surface area contributed by atoms with E-state index in [1.54, 1.807) is 11.3 Å². The van der Waals surface area contributed by atoms with E-state index in [9.17, 15) is 0 Å². The second-order valence-electron chi connectivity index (χ2n) is 2.10. The average Bonchev–Trinajstić information content (AvgIpc) is 2.12. The van der Waals surface area contributed by atoms with Crippen molar-refractivity contribution in [2.45, 2.75) is 13.8 Å². The molecule has 0 aliphatic carbocycles. The lowest BCUT2D eigenvalue weighted by Crippen LogP contribution is -1.88. The molecule has 0 aliphatic heterocycles. The molecule has 0 aromatic carbocycles. The number of thiophene rings is 1. The molecule has 0 aliphatic rings. The van der Waals surface area contributed by atoms with Crippen LogP contribution in [0.25, 0.3) is 0 Å². The molecule has 50 valence electrons. The topological polar surface area (TPSA) is 12.0 Å². The molecular formula is C7H11NS. The molecule has 1 aromatic heterocycles. The minimum absolute atomic E-state index is 1.29. The normalized spacial score (nSPS) is 9.67. The summed E-state index contributed by atoms with van der Waals surface area (Å²) in [7, 11) is 1.96. The molecule has 1 nitrogen and oxygen atoms in total. The molecule has 1 rings (SSSR count). The maximum absolute atomic E-state index is 3.15. The molecule has 1 heterocycles. The molecule has 0 atom stereocenters. The summed E-state index contributed by atoms with van der Waals surface area (Å²) in [6.07, 6.45) is 0. The van der Waals surface area contributed by atoms with Crippen molar-refractivity contribution in [2.24, 2.45) is 0 Å². The fourth-order valence-corrected chi connectivity index (χ4v) is 1.80. The summed E-state index contributed by atoms with van der Waals surface area (Å²) in [4.78, 5) is 1.37. The van der Waals surface area contributed by atoms with Crippen LogP contribution in [-0.2, 0) is 0 Å². The number of aryl methyl sites for hydroxylation is 2. The van der Waals surface area contributed by atoms with Crippen LogP contribution in [0.5, 0.6) is 0 Å². The Morgan fingerprint density at radius 1 is 1.44 bits per heavy atom. The van der Waals surface area contributed by atoms with E-state index >= 15 is 0 Å². The van der Waals surface area contributed by atoms with Crippen molar-refractivity contribution in [3.05, 3.63) is 15.8 Å². The van der Waals surface area contributed by atoms with Gasteiger partial charge in [0.05, 0.1) is 5.69 Å². The highest BCUT2D eigenvalue weighted by Crippen LogP contribution is 2.25. The zero-order valence-corrected chi connectivity index (χ0v) is 6.80. The molecule has 0 unspecified atom stereocenters. The molecule has 0 bridgehead atoms. The van der Waals surface area contributed by atoms with Crippen LogP contribution < -0.4 is 5.32 Å². The van der Waals surface area contributed by atoms with Crippen molar-refractivity contribution in [3.8, 4) is 0 Å². The number of anilines is 1. The van der Waals surface area contributed by atoms with Gasteiger partial charge in [0.1, 0.15) is 0 Å². The number of hydrogen-bond donors (Lipinski definition) is 1. The van der Waals surface area contributed by atoms with E-state index in [1.807, 2.05) is 7.05 Å². The lowest BCUT2D eigenvalue weighted by atomic mass is 10.3. The molecule has 0 amide bonds. The van der Waals surface area contributed by atoms with Crippen LogP contribution in [0.2, 0.25) is 0 Å². The minimum atomic E-state index is 1.29. The molecule has 2 heteroatoms. The Bertz CT molecular complexity index is 183. The van der Waals surface area contributed by atoms with Gasteiger partial charge in [-0.05, 0) is 24.8 Å². The van der Waals surface area contributed by atoms with Crippen LogP contribution in [-0.4, -0.2) is 7.05 Å². The third-order valence-electron chi connectivity index (χ3n) is 1.41. The van der Waals surface area contributed by atoms with Crippen molar-refractivity contribution in [1.82, 2.24) is 0 Å². The van der Waals surface area contributed by atoms with Crippen molar-refractivity contribution >= 4 is 17.0 Å². The van der Waals surface area contributed by atoms with Crippen LogP contribution in [0, 0.1) is 13.8 Å². The Morgan fingerprint density at radius 3 is 2.33 bits per heavy atom. The van der Waals surface area contributed by atoms with Gasteiger partial charge in [0, 0.05) is 11.9 Å². The Morgan fingerprint density at radius 2 is 2.11 bits per heavy atom. The first kappa shape index (κ1) is 6.62. The van der Waals surface area contributed by atoms with Crippen LogP contribution in [0.4, 0.5) is 5.69 Å². The quantitative estimate of drug-likeness (QED) is 0.633. The van der Waals surface area contributed by atoms with Gasteiger partial charge in [-0.15, -0.1) is 11.3 Å². The van der Waals surface area contributed by atoms with Crippen LogP contribution in [0.15, 0.2) is 5.38 Å². The third kappa shape index (κ3) is 1.08. The predicted octanol–water partition coefficient (Wildman–Crippen LogP) is 2.41. The maximum Gasteiger partial charge on any atom is 0.0505 e. The first-order valence-electron chi connectivity index (χ1n) is 2.98. The fraction of sp³-hybridized carbons (Fsp3) is 0.429. The Kier molecular flexibility index (Phi) is 1.76. The summed E-state index contributed by atoms with van der Waals surface area (Å²) < 4.78 is 0. The van der Waals surface area contributed by atoms with Gasteiger partial charge in [-0.1, -0.05) is 0 Å². The zero-order chi connectivity index (χ0) is 6.85. The second-order valence-corrected chi connectivity index (χ2v) is 3.18. The number of rotatable bonds is 1. The second kappa shape index (κ2) is 2.40. The van der Waals surface area contributed by atoms with Gasteiger partial charge < -0.3 is 5.32 Å². The number of nitrogens with one attached hydrogen (secondary N) is 1. The van der Waals surface area contributed by atoms with E-state index in [1.165, 1.54) is 16.1 Å². The largest absolute Gasteiger partial charge is 0.387 e. The SMILES string of the molecule is CNc1c(C)csc1C. The third-order valence-corrected chi connectivity index (χ3v) is 2.44. The van der Waals surface area contributed by atoms with Gasteiger partial charge in [0.2, 0.25) is 0 Å². The molecule has 9 heavy (non-hydrogen) atoms. The molecule has 1 N–H and O–H groups in total. The van der Waals surface area contributed by atoms with Crippen LogP contribution in [0.1, 0.15) is 10.4 Å². The lowest BCUT2D eigenvalue weighted by Gasteiger charge is -1.97. The monoisotopic (exact) mass is 141 g/mol. The highest BCUT2D eigenvalue weighted by Gasteiger charge is 1.99. The maximum atomic E-state index is 3.15. The van der Waals surface area contributed by atoms with Gasteiger partial charge in [-0.2, -0.15) is 0 Å². The van der Waals surface area contributed by atoms with Gasteiger partial charge >= 0.3 is 0 Å². The molecule has 0 saturated heterocycles. The van der Waals surface area contributed by atoms with Gasteiger partial charge in [0.15, 0.2) is 0 Å². The predicted molar refractivity (Wildman–Crippen MR) is 43.3 cm³/mol. The molecule has 1 aromatic rings. The van der Waals surface area contributed by atoms with Crippen LogP contribution in [0.3, 0.4) is 0 Å². The highest BCUT2D eigenvalue weighted by atomic mass is 32.1. The van der Waals surface area contributed by atoms with Crippen molar-refractivity contribution in [1.29, 1.82) is 0 Å². The first-order valence-corrected chi connectivity index (χ1v) is 3.86. The molecule has 0 radical (unpaired) electrons. The molecule has 0 saturated carbocycles. The Labute approximate surface area is 59.7 Å². The number of hydrogen-bond acceptors (Lipinski definition) is 2. The summed E-state index contributed by atoms with van der Waals surface area (Å²) in [6, 6.07) is 0. The van der Waals surface area contributed by atoms with E-state index in [-0.39, 0.29) is 0 Å². The zero-order valence-electron chi connectivity index (χ0n) is 5.99. The summed E-state index contributed by atoms with van der Waals surface area (Å²) in [5.41, 5.74) is 2.64. The molecule has 0 fully saturated rings. The van der Waals surface area contributed by atoms with Gasteiger partial charge in [-0.25, -0.2) is 0 Å². The van der Waals surface area contributed by atoms with E-state index in [0.717, 1.165) is 0 Å². The fourth-order valence-electron chi connectivity index (χ4n) is 0.945. The van der Waals surface area contributed by atoms with E-state index in [4.69, 9.17) is 0 Å². The van der Waals surface area contributed by atoms with E-state index < -0.39 is 0 Å². The summed E-state index contributed by atoms with van der Waals surface area (Å²) in [5.74, 6) is 0. The standard InChI is InChI=1S/C7H11NS/c1-5-4-9-6(2)7(5)8-3/h4,8H,1-3H3. The Balaban J connectivity index is 3.07. The summed E-state index contributed by atoms with van der Waals surface area (Å²) in [6.45, 7) is 4.25. The van der Waals surface area contributed by atoms with Gasteiger partial charge in [-0.3, -0.25) is 0 Å². The molecular weight excluding hydrogens is 130 g/mol. The average molecular weight is 141 g/mol. The first-order chi connectivity index (χ1) is 4.25. The highest BCUT2D eigenvalue weighted by molar-refractivity contribution is 7.10. The van der Waals surface area contributed by atoms with E-state index in [2.05, 4.69) is 24.5 Å². The molecule has 0 spiro atoms. The summed E-state index contributed by atoms with van der Waals surface area (Å²) in [5, 5.41) is 5.32. The minimum Gasteiger partial charge on any atom is -0.387 e. The lowest BCUT2D eigenvalue weighted by molar-refractivity contribution is 1.42. The summed E-state index contributed by atoms with van der Waals surface area (Å²) >= 11 is 1.79. The van der Waals surface area contributed by atoms with Gasteiger partial charge in [0.25, 0.3) is 0 Å². The van der Waals surface area contributed by atoms with E-state index in [0.29, 0.717) is 0 Å².